The van der Waals surface area contributed by atoms with Gasteiger partial charge in [-0.3, -0.25) is 4.90 Å². The summed E-state index contributed by atoms with van der Waals surface area (Å²) in [5.41, 5.74) is 2.60. The van der Waals surface area contributed by atoms with Crippen LogP contribution in [0.1, 0.15) is 50.7 Å². The number of hydrogen-bond acceptors (Lipinski definition) is 11. The molecule has 3 aromatic heterocycles. The number of nitrogens with one attached hydrogen (secondary N) is 2. The van der Waals surface area contributed by atoms with E-state index in [1.807, 2.05) is 59.2 Å². The average Bonchev–Trinajstić information content (AvgIpc) is 3.11. The molecule has 2 N–H and O–H groups in total. The lowest BCUT2D eigenvalue weighted by atomic mass is 9.79. The molecule has 1 saturated heterocycles. The Morgan fingerprint density at radius 1 is 0.979 bits per heavy atom. The highest BCUT2D eigenvalue weighted by Crippen LogP contribution is 2.38. The lowest BCUT2D eigenvalue weighted by Crippen LogP contribution is -2.57. The molecule has 6 rings (SSSR count). The molecule has 1 aromatic carbocycles. The largest absolute Gasteiger partial charge is 0.467 e. The Morgan fingerprint density at radius 3 is 2.31 bits per heavy atom. The number of nitrogens with zero attached hydrogens (tertiary/aromatic N) is 8. The number of nitriles is 1. The molecule has 1 saturated carbocycles. The van der Waals surface area contributed by atoms with E-state index in [0.717, 1.165) is 42.4 Å². The number of methoxy groups -OCH3 is 1. The van der Waals surface area contributed by atoms with Gasteiger partial charge in [0.05, 0.1) is 32.6 Å². The molecule has 4 aromatic rings. The second-order valence-electron chi connectivity index (χ2n) is 12.3. The lowest BCUT2D eigenvalue weighted by molar-refractivity contribution is 0.0209. The van der Waals surface area contributed by atoms with Gasteiger partial charge in [0.25, 0.3) is 0 Å². The zero-order valence-electron chi connectivity index (χ0n) is 27.5. The molecule has 248 valence electrons. The molecule has 2 amide bonds. The highest BCUT2D eigenvalue weighted by Gasteiger charge is 2.42. The SMILES string of the molecule is CCN(Cc1ccccc1)C(=O)N(c1ccc(-c2cnc(OC)nc2)cn1)[C@]1(C)CC[C@H](Nc2ncc(C#N)c(NC3COC3)n2)CC1. The standard InChI is InChI=1S/C35H40N10O3/c1-4-44(21-24-8-6-5-7-9-24)34(46)45(30-11-10-25(17-37-30)27-19-39-33(47-3)40-20-27)35(2)14-12-28(13-15-35)42-32-38-18-26(16-36)31(43-32)41-29-22-48-23-29/h5-11,17-20,28-29H,4,12-15,21-23H2,1-3H3,(H2,38,41,42,43)/t28-,35+. The number of carbonyl (C=O) groups excluding carboxylic acids is 1. The Hall–Kier alpha value is -5.35. The topological polar surface area (TPSA) is 154 Å². The fourth-order valence-electron chi connectivity index (χ4n) is 6.07. The number of amides is 2. The van der Waals surface area contributed by atoms with Crippen molar-refractivity contribution in [3.63, 3.8) is 0 Å². The lowest BCUT2D eigenvalue weighted by Gasteiger charge is -2.46. The minimum atomic E-state index is -0.500. The van der Waals surface area contributed by atoms with Crippen molar-refractivity contribution in [1.82, 2.24) is 29.8 Å². The molecule has 2 aliphatic rings. The third-order valence-electron chi connectivity index (χ3n) is 9.00. The average molecular weight is 649 g/mol. The summed E-state index contributed by atoms with van der Waals surface area (Å²) in [6.45, 7) is 6.36. The first-order chi connectivity index (χ1) is 23.4. The van der Waals surface area contributed by atoms with Crippen molar-refractivity contribution in [1.29, 1.82) is 5.26 Å². The van der Waals surface area contributed by atoms with E-state index in [4.69, 9.17) is 14.5 Å². The van der Waals surface area contributed by atoms with Crippen LogP contribution in [0.5, 0.6) is 6.01 Å². The van der Waals surface area contributed by atoms with Crippen molar-refractivity contribution in [2.24, 2.45) is 0 Å². The smallest absolute Gasteiger partial charge is 0.326 e. The van der Waals surface area contributed by atoms with Gasteiger partial charge in [0.2, 0.25) is 5.95 Å². The highest BCUT2D eigenvalue weighted by atomic mass is 16.5. The van der Waals surface area contributed by atoms with Crippen LogP contribution in [-0.2, 0) is 11.3 Å². The summed E-state index contributed by atoms with van der Waals surface area (Å²) in [4.78, 5) is 40.5. The van der Waals surface area contributed by atoms with Crippen molar-refractivity contribution in [2.45, 2.75) is 63.7 Å². The Labute approximate surface area is 280 Å². The fraction of sp³-hybridized carbons (Fsp3) is 0.400. The number of aromatic nitrogens is 5. The molecule has 48 heavy (non-hydrogen) atoms. The molecule has 2 fully saturated rings. The molecule has 0 radical (unpaired) electrons. The van der Waals surface area contributed by atoms with E-state index in [0.29, 0.717) is 55.5 Å². The summed E-state index contributed by atoms with van der Waals surface area (Å²) in [5.74, 6) is 1.57. The van der Waals surface area contributed by atoms with Gasteiger partial charge in [-0.2, -0.15) is 10.2 Å². The Morgan fingerprint density at radius 2 is 1.71 bits per heavy atom. The van der Waals surface area contributed by atoms with E-state index < -0.39 is 5.54 Å². The maximum atomic E-state index is 14.5. The van der Waals surface area contributed by atoms with Crippen LogP contribution in [0.25, 0.3) is 11.1 Å². The van der Waals surface area contributed by atoms with E-state index in [2.05, 4.69) is 43.6 Å². The van der Waals surface area contributed by atoms with Crippen LogP contribution in [0, 0.1) is 11.3 Å². The predicted molar refractivity (Wildman–Crippen MR) is 181 cm³/mol. The van der Waals surface area contributed by atoms with Gasteiger partial charge in [-0.1, -0.05) is 30.3 Å². The molecule has 0 bridgehead atoms. The van der Waals surface area contributed by atoms with Gasteiger partial charge in [0, 0.05) is 54.4 Å². The first-order valence-corrected chi connectivity index (χ1v) is 16.2. The number of anilines is 3. The first-order valence-electron chi connectivity index (χ1n) is 16.2. The van der Waals surface area contributed by atoms with Crippen molar-refractivity contribution in [2.75, 3.05) is 42.4 Å². The normalized spacial score (nSPS) is 19.0. The minimum Gasteiger partial charge on any atom is -0.467 e. The molecule has 4 heterocycles. The highest BCUT2D eigenvalue weighted by molar-refractivity contribution is 5.92. The number of benzene rings is 1. The number of carbonyl (C=O) groups is 1. The van der Waals surface area contributed by atoms with Gasteiger partial charge < -0.3 is 25.0 Å². The molecule has 0 unspecified atom stereocenters. The third-order valence-corrected chi connectivity index (χ3v) is 9.00. The number of rotatable bonds is 11. The number of hydrogen-bond donors (Lipinski definition) is 2. The van der Waals surface area contributed by atoms with Crippen LogP contribution in [0.2, 0.25) is 0 Å². The van der Waals surface area contributed by atoms with Gasteiger partial charge in [0.15, 0.2) is 0 Å². The first kappa shape index (κ1) is 32.6. The van der Waals surface area contributed by atoms with Crippen LogP contribution >= 0.6 is 0 Å². The Bertz CT molecular complexity index is 1720. The van der Waals surface area contributed by atoms with Gasteiger partial charge in [-0.25, -0.2) is 24.7 Å². The van der Waals surface area contributed by atoms with Crippen LogP contribution in [-0.4, -0.2) is 80.3 Å². The van der Waals surface area contributed by atoms with E-state index in [1.165, 1.54) is 7.11 Å². The molecule has 1 aliphatic carbocycles. The van der Waals surface area contributed by atoms with Gasteiger partial charge in [-0.15, -0.1) is 0 Å². The van der Waals surface area contributed by atoms with Crippen LogP contribution in [0.3, 0.4) is 0 Å². The predicted octanol–water partition coefficient (Wildman–Crippen LogP) is 5.28. The number of urea groups is 1. The zero-order valence-corrected chi connectivity index (χ0v) is 27.5. The second-order valence-corrected chi connectivity index (χ2v) is 12.3. The zero-order chi connectivity index (χ0) is 33.5. The summed E-state index contributed by atoms with van der Waals surface area (Å²) >= 11 is 0. The second kappa shape index (κ2) is 14.6. The summed E-state index contributed by atoms with van der Waals surface area (Å²) < 4.78 is 10.4. The Kier molecular flexibility index (Phi) is 9.91. The third kappa shape index (κ3) is 7.29. The molecule has 0 spiro atoms. The van der Waals surface area contributed by atoms with Gasteiger partial charge in [-0.05, 0) is 57.2 Å². The van der Waals surface area contributed by atoms with Crippen LogP contribution in [0.4, 0.5) is 22.4 Å². The van der Waals surface area contributed by atoms with Crippen LogP contribution in [0.15, 0.2) is 67.3 Å². The van der Waals surface area contributed by atoms with Gasteiger partial charge in [0.1, 0.15) is 23.3 Å². The van der Waals surface area contributed by atoms with E-state index in [1.54, 1.807) is 24.8 Å². The molecular formula is C35H40N10O3. The maximum Gasteiger partial charge on any atom is 0.326 e. The minimum absolute atomic E-state index is 0.0885. The van der Waals surface area contributed by atoms with Crippen molar-refractivity contribution >= 4 is 23.6 Å². The van der Waals surface area contributed by atoms with Gasteiger partial charge >= 0.3 is 12.0 Å². The number of ether oxygens (including phenoxy) is 2. The van der Waals surface area contributed by atoms with Crippen molar-refractivity contribution < 1.29 is 14.3 Å². The quantitative estimate of drug-likeness (QED) is 0.218. The Balaban J connectivity index is 1.22. The molecule has 13 heteroatoms. The van der Waals surface area contributed by atoms with Crippen LogP contribution < -0.4 is 20.3 Å². The summed E-state index contributed by atoms with van der Waals surface area (Å²) in [6.07, 6.45) is 9.73. The fourth-order valence-corrected chi connectivity index (χ4v) is 6.07. The van der Waals surface area contributed by atoms with Crippen molar-refractivity contribution in [3.8, 4) is 23.2 Å². The number of pyridine rings is 1. The molecule has 1 aliphatic heterocycles. The molecule has 0 atom stereocenters. The van der Waals surface area contributed by atoms with E-state index >= 15 is 0 Å². The summed E-state index contributed by atoms with van der Waals surface area (Å²) in [7, 11) is 1.53. The van der Waals surface area contributed by atoms with Crippen molar-refractivity contribution in [3.05, 3.63) is 78.4 Å². The monoisotopic (exact) mass is 648 g/mol. The summed E-state index contributed by atoms with van der Waals surface area (Å²) in [6, 6.07) is 16.5. The maximum absolute atomic E-state index is 14.5. The summed E-state index contributed by atoms with van der Waals surface area (Å²) in [5, 5.41) is 16.3. The van der Waals surface area contributed by atoms with E-state index in [9.17, 15) is 10.1 Å². The molecular weight excluding hydrogens is 608 g/mol. The molecule has 13 nitrogen and oxygen atoms in total. The van der Waals surface area contributed by atoms with E-state index in [-0.39, 0.29) is 18.1 Å².